The molecule has 0 fully saturated rings. The normalized spacial score (nSPS) is 9.00. The van der Waals surface area contributed by atoms with E-state index in [4.69, 9.17) is 11.5 Å². The average Bonchev–Trinajstić information content (AvgIpc) is 1.77. The maximum absolute atomic E-state index is 8.64. The van der Waals surface area contributed by atoms with E-state index < -0.39 is 0 Å². The summed E-state index contributed by atoms with van der Waals surface area (Å²) in [5.74, 6) is 0.419. The van der Waals surface area contributed by atoms with Gasteiger partial charge in [-0.1, -0.05) is 0 Å². The summed E-state index contributed by atoms with van der Waals surface area (Å²) in [4.78, 5) is 3.61. The van der Waals surface area contributed by atoms with Crippen LogP contribution >= 0.6 is 0 Å². The van der Waals surface area contributed by atoms with E-state index in [2.05, 4.69) is 4.98 Å². The number of anilines is 1. The Morgan fingerprint density at radius 1 is 1.50 bits per heavy atom. The predicted octanol–water partition coefficient (Wildman–Crippen LogP) is 0.364. The largest absolute Gasteiger partial charge is 0.384 e. The zero-order chi connectivity index (χ0) is 5.98. The lowest BCUT2D eigenvalue weighted by Crippen LogP contribution is -1.86. The number of hydrogen-bond acceptors (Lipinski definition) is 2. The maximum Gasteiger partial charge on any atom is 0.123 e. The van der Waals surface area contributed by atoms with Gasteiger partial charge in [0.15, 0.2) is 0 Å². The maximum atomic E-state index is 8.64. The van der Waals surface area contributed by atoms with Gasteiger partial charge in [-0.2, -0.15) is 0 Å². The number of nitrogen functional groups attached to an aromatic ring is 1. The van der Waals surface area contributed by atoms with E-state index in [0.717, 1.165) is 0 Å². The first kappa shape index (κ1) is 4.90. The van der Waals surface area contributed by atoms with E-state index in [1.807, 2.05) is 0 Å². The van der Waals surface area contributed by atoms with E-state index in [1.165, 1.54) is 18.3 Å². The van der Waals surface area contributed by atoms with Crippen molar-refractivity contribution < 1.29 is 0 Å². The van der Waals surface area contributed by atoms with E-state index in [1.54, 1.807) is 0 Å². The Hall–Kier alpha value is -1.25. The quantitative estimate of drug-likeness (QED) is 0.520. The van der Waals surface area contributed by atoms with Crippen molar-refractivity contribution in [2.24, 2.45) is 0 Å². The van der Waals surface area contributed by atoms with Crippen LogP contribution in [0.3, 0.4) is 0 Å². The van der Waals surface area contributed by atoms with Gasteiger partial charge in [0, 0.05) is 0 Å². The standard InChI is InChI=1S/C5H5N3/c6-4-1-2-5(7)8-3-4/h1-3H,(H2,7,8). The van der Waals surface area contributed by atoms with Crippen molar-refractivity contribution in [2.45, 2.75) is 0 Å². The van der Waals surface area contributed by atoms with Crippen LogP contribution in [0.1, 0.15) is 0 Å². The molecule has 1 rings (SSSR count). The monoisotopic (exact) mass is 107 g/mol. The summed E-state index contributed by atoms with van der Waals surface area (Å²) in [5.41, 5.74) is 14.0. The molecule has 0 atom stereocenters. The van der Waals surface area contributed by atoms with Crippen molar-refractivity contribution in [2.75, 3.05) is 5.73 Å². The lowest BCUT2D eigenvalue weighted by molar-refractivity contribution is 1.30. The first-order valence-corrected chi connectivity index (χ1v) is 2.19. The van der Waals surface area contributed by atoms with Crippen molar-refractivity contribution in [3.63, 3.8) is 0 Å². The Balaban J connectivity index is 3.03. The second-order valence-corrected chi connectivity index (χ2v) is 1.44. The molecule has 2 radical (unpaired) electrons. The fourth-order valence-corrected chi connectivity index (χ4v) is 0.397. The molecule has 0 spiro atoms. The van der Waals surface area contributed by atoms with E-state index in [0.29, 0.717) is 5.82 Å². The van der Waals surface area contributed by atoms with Gasteiger partial charge in [-0.05, 0) is 12.1 Å². The molecule has 0 aliphatic heterocycles. The molecular formula is C5H5N3. The van der Waals surface area contributed by atoms with Crippen LogP contribution in [0, 0.1) is 0 Å². The minimum Gasteiger partial charge on any atom is -0.384 e. The summed E-state index contributed by atoms with van der Waals surface area (Å²) in [7, 11) is 0. The highest BCUT2D eigenvalue weighted by Crippen LogP contribution is 2.01. The molecule has 1 aromatic rings. The summed E-state index contributed by atoms with van der Waals surface area (Å²) in [6.45, 7) is 0. The van der Waals surface area contributed by atoms with Crippen LogP contribution in [-0.2, 0) is 0 Å². The molecule has 0 unspecified atom stereocenters. The average molecular weight is 107 g/mol. The summed E-state index contributed by atoms with van der Waals surface area (Å²) in [5, 5.41) is 0. The lowest BCUT2D eigenvalue weighted by Gasteiger charge is -1.87. The molecule has 1 heterocycles. The predicted molar refractivity (Wildman–Crippen MR) is 30.4 cm³/mol. The van der Waals surface area contributed by atoms with Gasteiger partial charge >= 0.3 is 0 Å². The molecule has 40 valence electrons. The fourth-order valence-electron chi connectivity index (χ4n) is 0.397. The Morgan fingerprint density at radius 2 is 2.25 bits per heavy atom. The van der Waals surface area contributed by atoms with Crippen LogP contribution < -0.4 is 11.5 Å². The van der Waals surface area contributed by atoms with Crippen LogP contribution in [0.2, 0.25) is 0 Å². The van der Waals surface area contributed by atoms with Gasteiger partial charge in [0.2, 0.25) is 0 Å². The summed E-state index contributed by atoms with van der Waals surface area (Å²) in [6.07, 6.45) is 1.30. The molecule has 0 saturated carbocycles. The Bertz CT molecular complexity index is 147. The fraction of sp³-hybridized carbons (Fsp3) is 0. The number of hydrogen-bond donors (Lipinski definition) is 1. The molecule has 0 aromatic carbocycles. The summed E-state index contributed by atoms with van der Waals surface area (Å²) < 4.78 is 0. The summed E-state index contributed by atoms with van der Waals surface area (Å²) in [6, 6.07) is 3.03. The van der Waals surface area contributed by atoms with Gasteiger partial charge in [0.25, 0.3) is 0 Å². The van der Waals surface area contributed by atoms with Crippen molar-refractivity contribution in [3.05, 3.63) is 18.3 Å². The third-order valence-electron chi connectivity index (χ3n) is 0.771. The molecule has 1 aromatic heterocycles. The first-order chi connectivity index (χ1) is 3.79. The smallest absolute Gasteiger partial charge is 0.123 e. The molecule has 0 bridgehead atoms. The number of pyridine rings is 1. The molecular weight excluding hydrogens is 102 g/mol. The molecule has 0 amide bonds. The van der Waals surface area contributed by atoms with E-state index in [9.17, 15) is 0 Å². The van der Waals surface area contributed by atoms with Crippen molar-refractivity contribution >= 4 is 11.5 Å². The highest BCUT2D eigenvalue weighted by molar-refractivity contribution is 5.37. The number of rotatable bonds is 0. The Kier molecular flexibility index (Phi) is 1.04. The molecule has 3 heteroatoms. The molecule has 0 aliphatic carbocycles. The Labute approximate surface area is 47.3 Å². The van der Waals surface area contributed by atoms with Gasteiger partial charge in [0.1, 0.15) is 11.5 Å². The van der Waals surface area contributed by atoms with Gasteiger partial charge in [-0.15, -0.1) is 5.73 Å². The van der Waals surface area contributed by atoms with Gasteiger partial charge in [0.05, 0.1) is 6.20 Å². The van der Waals surface area contributed by atoms with Crippen molar-refractivity contribution in [3.8, 4) is 0 Å². The van der Waals surface area contributed by atoms with Crippen LogP contribution in [-0.4, -0.2) is 4.98 Å². The topological polar surface area (TPSA) is 61.2 Å². The molecule has 3 nitrogen and oxygen atoms in total. The molecule has 0 aliphatic rings. The number of nitrogens with zero attached hydrogens (tertiary/aromatic N) is 2. The zero-order valence-corrected chi connectivity index (χ0v) is 4.20. The van der Waals surface area contributed by atoms with Crippen molar-refractivity contribution in [1.29, 1.82) is 0 Å². The highest BCUT2D eigenvalue weighted by atomic mass is 14.8. The van der Waals surface area contributed by atoms with Crippen molar-refractivity contribution in [1.82, 2.24) is 10.7 Å². The Morgan fingerprint density at radius 3 is 2.62 bits per heavy atom. The van der Waals surface area contributed by atoms with Crippen LogP contribution in [0.15, 0.2) is 18.3 Å². The second-order valence-electron chi connectivity index (χ2n) is 1.44. The number of aromatic nitrogens is 1. The third kappa shape index (κ3) is 0.872. The third-order valence-corrected chi connectivity index (χ3v) is 0.771. The minimum absolute atomic E-state index is 0.138. The summed E-state index contributed by atoms with van der Waals surface area (Å²) >= 11 is 0. The van der Waals surface area contributed by atoms with Crippen LogP contribution in [0.4, 0.5) is 11.5 Å². The van der Waals surface area contributed by atoms with E-state index in [-0.39, 0.29) is 5.69 Å². The lowest BCUT2D eigenvalue weighted by atomic mass is 10.4. The van der Waals surface area contributed by atoms with Gasteiger partial charge in [-0.25, -0.2) is 4.98 Å². The molecule has 8 heavy (non-hydrogen) atoms. The molecule has 2 N–H and O–H groups in total. The van der Waals surface area contributed by atoms with Crippen LogP contribution in [0.5, 0.6) is 0 Å². The first-order valence-electron chi connectivity index (χ1n) is 2.19. The SMILES string of the molecule is [N]c1ccc(N)nc1. The highest BCUT2D eigenvalue weighted by Gasteiger charge is 1.84. The van der Waals surface area contributed by atoms with Crippen LogP contribution in [0.25, 0.3) is 0 Å². The number of nitrogens with two attached hydrogens (primary N) is 1. The molecule has 0 saturated heterocycles. The minimum atomic E-state index is 0.138. The second kappa shape index (κ2) is 1.69. The van der Waals surface area contributed by atoms with Gasteiger partial charge < -0.3 is 5.73 Å². The zero-order valence-electron chi connectivity index (χ0n) is 4.20. The van der Waals surface area contributed by atoms with Gasteiger partial charge in [-0.3, -0.25) is 0 Å². The van der Waals surface area contributed by atoms with E-state index >= 15 is 0 Å².